The lowest BCUT2D eigenvalue weighted by Crippen LogP contribution is -2.26. The summed E-state index contributed by atoms with van der Waals surface area (Å²) in [6.07, 6.45) is 2.07. The zero-order valence-electron chi connectivity index (χ0n) is 10.7. The molecule has 0 saturated carbocycles. The molecule has 92 valence electrons. The fraction of sp³-hybridized carbons (Fsp3) is 0.727. The molecule has 0 unspecified atom stereocenters. The van der Waals surface area contributed by atoms with Gasteiger partial charge in [0.1, 0.15) is 0 Å². The minimum Gasteiger partial charge on any atom is -0.383 e. The average molecular weight is 226 g/mol. The third-order valence-corrected chi connectivity index (χ3v) is 2.52. The van der Waals surface area contributed by atoms with Gasteiger partial charge in [0.25, 0.3) is 0 Å². The van der Waals surface area contributed by atoms with Gasteiger partial charge in [-0.15, -0.1) is 0 Å². The molecule has 0 spiro atoms. The summed E-state index contributed by atoms with van der Waals surface area (Å²) < 4.78 is 7.18. The molecule has 0 aromatic carbocycles. The second-order valence-electron chi connectivity index (χ2n) is 3.95. The lowest BCUT2D eigenvalue weighted by atomic mass is 10.5. The highest BCUT2D eigenvalue weighted by Gasteiger charge is 2.04. The Balaban J connectivity index is 2.41. The molecule has 1 N–H and O–H groups in total. The van der Waals surface area contributed by atoms with Gasteiger partial charge in [-0.3, -0.25) is 0 Å². The summed E-state index contributed by atoms with van der Waals surface area (Å²) in [6, 6.07) is 0. The predicted octanol–water partition coefficient (Wildman–Crippen LogP) is 0.811. The van der Waals surface area contributed by atoms with Crippen LogP contribution in [0.25, 0.3) is 0 Å². The molecule has 0 aliphatic heterocycles. The fourth-order valence-electron chi connectivity index (χ4n) is 1.55. The van der Waals surface area contributed by atoms with Crippen molar-refractivity contribution in [3.63, 3.8) is 0 Å². The van der Waals surface area contributed by atoms with Crippen LogP contribution in [0.5, 0.6) is 0 Å². The van der Waals surface area contributed by atoms with Crippen molar-refractivity contribution in [2.45, 2.75) is 13.5 Å². The fourth-order valence-corrected chi connectivity index (χ4v) is 1.55. The standard InChI is InChI=1S/C11H22N4O/c1-10-9-15(11(12-2)13-10)6-5-14(3)7-8-16-4/h9H,5-8H2,1-4H3,(H,12,13). The first-order chi connectivity index (χ1) is 7.67. The molecule has 0 aliphatic rings. The second kappa shape index (κ2) is 6.50. The van der Waals surface area contributed by atoms with Crippen molar-refractivity contribution in [3.05, 3.63) is 11.9 Å². The third kappa shape index (κ3) is 3.83. The van der Waals surface area contributed by atoms with Gasteiger partial charge in [-0.2, -0.15) is 0 Å². The molecule has 0 bridgehead atoms. The molecule has 1 aromatic heterocycles. The smallest absolute Gasteiger partial charge is 0.202 e. The lowest BCUT2D eigenvalue weighted by molar-refractivity contribution is 0.159. The van der Waals surface area contributed by atoms with Crippen LogP contribution in [0, 0.1) is 6.92 Å². The first-order valence-electron chi connectivity index (χ1n) is 5.56. The van der Waals surface area contributed by atoms with Gasteiger partial charge >= 0.3 is 0 Å². The van der Waals surface area contributed by atoms with E-state index in [0.29, 0.717) is 0 Å². The van der Waals surface area contributed by atoms with E-state index in [2.05, 4.69) is 33.0 Å². The van der Waals surface area contributed by atoms with E-state index < -0.39 is 0 Å². The summed E-state index contributed by atoms with van der Waals surface area (Å²) in [4.78, 5) is 6.63. The summed E-state index contributed by atoms with van der Waals surface area (Å²) in [5, 5.41) is 3.09. The van der Waals surface area contributed by atoms with Crippen molar-refractivity contribution in [2.24, 2.45) is 0 Å². The van der Waals surface area contributed by atoms with Crippen LogP contribution < -0.4 is 5.32 Å². The Morgan fingerprint density at radius 1 is 1.50 bits per heavy atom. The molecule has 0 amide bonds. The van der Waals surface area contributed by atoms with Gasteiger partial charge in [-0.05, 0) is 14.0 Å². The number of ether oxygens (including phenoxy) is 1. The minimum absolute atomic E-state index is 0.776. The van der Waals surface area contributed by atoms with Crippen LogP contribution in [0.3, 0.4) is 0 Å². The molecule has 16 heavy (non-hydrogen) atoms. The van der Waals surface area contributed by atoms with E-state index in [1.807, 2.05) is 14.0 Å². The molecule has 0 saturated heterocycles. The maximum absolute atomic E-state index is 5.04. The number of hydrogen-bond donors (Lipinski definition) is 1. The molecule has 0 radical (unpaired) electrons. The van der Waals surface area contributed by atoms with E-state index in [4.69, 9.17) is 4.74 Å². The predicted molar refractivity (Wildman–Crippen MR) is 65.9 cm³/mol. The van der Waals surface area contributed by atoms with Crippen molar-refractivity contribution < 1.29 is 4.74 Å². The number of aryl methyl sites for hydroxylation is 1. The number of aromatic nitrogens is 2. The number of methoxy groups -OCH3 is 1. The summed E-state index contributed by atoms with van der Waals surface area (Å²) >= 11 is 0. The number of hydrogen-bond acceptors (Lipinski definition) is 4. The Hall–Kier alpha value is -1.07. The van der Waals surface area contributed by atoms with Crippen molar-refractivity contribution >= 4 is 5.95 Å². The van der Waals surface area contributed by atoms with Gasteiger partial charge in [0.2, 0.25) is 5.95 Å². The highest BCUT2D eigenvalue weighted by molar-refractivity contribution is 5.27. The molecule has 1 aromatic rings. The quantitative estimate of drug-likeness (QED) is 0.747. The topological polar surface area (TPSA) is 42.3 Å². The van der Waals surface area contributed by atoms with Crippen LogP contribution in [-0.4, -0.2) is 55.4 Å². The van der Waals surface area contributed by atoms with Gasteiger partial charge in [0, 0.05) is 40.0 Å². The molecule has 0 fully saturated rings. The second-order valence-corrected chi connectivity index (χ2v) is 3.95. The van der Waals surface area contributed by atoms with Gasteiger partial charge in [0.15, 0.2) is 0 Å². The van der Waals surface area contributed by atoms with E-state index >= 15 is 0 Å². The Morgan fingerprint density at radius 2 is 2.25 bits per heavy atom. The van der Waals surface area contributed by atoms with Crippen LogP contribution in [-0.2, 0) is 11.3 Å². The first kappa shape index (κ1) is 13.0. The molecular formula is C11H22N4O. The van der Waals surface area contributed by atoms with E-state index in [1.165, 1.54) is 0 Å². The number of nitrogens with zero attached hydrogens (tertiary/aromatic N) is 3. The minimum atomic E-state index is 0.776. The van der Waals surface area contributed by atoms with Crippen molar-refractivity contribution in [1.82, 2.24) is 14.5 Å². The van der Waals surface area contributed by atoms with Crippen molar-refractivity contribution in [1.29, 1.82) is 0 Å². The summed E-state index contributed by atoms with van der Waals surface area (Å²) in [5.74, 6) is 0.928. The third-order valence-electron chi connectivity index (χ3n) is 2.52. The van der Waals surface area contributed by atoms with Gasteiger partial charge in [0.05, 0.1) is 12.3 Å². The Bertz CT molecular complexity index is 311. The lowest BCUT2D eigenvalue weighted by Gasteiger charge is -2.16. The van der Waals surface area contributed by atoms with Crippen molar-refractivity contribution in [3.8, 4) is 0 Å². The van der Waals surface area contributed by atoms with Crippen LogP contribution >= 0.6 is 0 Å². The molecular weight excluding hydrogens is 204 g/mol. The number of rotatable bonds is 7. The number of nitrogens with one attached hydrogen (secondary N) is 1. The van der Waals surface area contributed by atoms with Crippen molar-refractivity contribution in [2.75, 3.05) is 46.2 Å². The van der Waals surface area contributed by atoms with Gasteiger partial charge in [-0.1, -0.05) is 0 Å². The zero-order valence-corrected chi connectivity index (χ0v) is 10.7. The van der Waals surface area contributed by atoms with Crippen LogP contribution in [0.2, 0.25) is 0 Å². The highest BCUT2D eigenvalue weighted by Crippen LogP contribution is 2.07. The molecule has 1 heterocycles. The number of anilines is 1. The molecule has 0 aliphatic carbocycles. The summed E-state index contributed by atoms with van der Waals surface area (Å²) in [6.45, 7) is 5.68. The Kier molecular flexibility index (Phi) is 5.28. The normalized spacial score (nSPS) is 11.1. The molecule has 0 atom stereocenters. The Morgan fingerprint density at radius 3 is 2.88 bits per heavy atom. The molecule has 1 rings (SSSR count). The number of imidazole rings is 1. The SMILES string of the molecule is CNc1nc(C)cn1CCN(C)CCOC. The monoisotopic (exact) mass is 226 g/mol. The van der Waals surface area contributed by atoms with E-state index in [-0.39, 0.29) is 0 Å². The maximum atomic E-state index is 5.04. The van der Waals surface area contributed by atoms with Crippen LogP contribution in [0.1, 0.15) is 5.69 Å². The van der Waals surface area contributed by atoms with E-state index in [9.17, 15) is 0 Å². The van der Waals surface area contributed by atoms with E-state index in [1.54, 1.807) is 7.11 Å². The van der Waals surface area contributed by atoms with Crippen LogP contribution in [0.4, 0.5) is 5.95 Å². The van der Waals surface area contributed by atoms with Gasteiger partial charge in [-0.25, -0.2) is 4.98 Å². The highest BCUT2D eigenvalue weighted by atomic mass is 16.5. The number of likely N-dealkylation sites (N-methyl/N-ethyl adjacent to an activating group) is 1. The average Bonchev–Trinajstić information content (AvgIpc) is 2.64. The Labute approximate surface area is 97.4 Å². The summed E-state index contributed by atoms with van der Waals surface area (Å²) in [7, 11) is 5.72. The van der Waals surface area contributed by atoms with Crippen LogP contribution in [0.15, 0.2) is 6.20 Å². The largest absolute Gasteiger partial charge is 0.383 e. The molecule has 5 heteroatoms. The summed E-state index contributed by atoms with van der Waals surface area (Å²) in [5.41, 5.74) is 1.05. The maximum Gasteiger partial charge on any atom is 0.202 e. The first-order valence-corrected chi connectivity index (χ1v) is 5.56. The van der Waals surface area contributed by atoms with E-state index in [0.717, 1.165) is 37.9 Å². The zero-order chi connectivity index (χ0) is 12.0. The molecule has 5 nitrogen and oxygen atoms in total. The van der Waals surface area contributed by atoms with Gasteiger partial charge < -0.3 is 19.5 Å².